The molecule has 0 radical (unpaired) electrons. The van der Waals surface area contributed by atoms with Gasteiger partial charge in [0.2, 0.25) is 0 Å². The first-order valence-electron chi connectivity index (χ1n) is 15.8. The van der Waals surface area contributed by atoms with E-state index < -0.39 is 8.32 Å². The van der Waals surface area contributed by atoms with Crippen LogP contribution in [0.25, 0.3) is 0 Å². The molecule has 0 aromatic carbocycles. The fourth-order valence-corrected chi connectivity index (χ4v) is 15.4. The van der Waals surface area contributed by atoms with Crippen molar-refractivity contribution in [1.29, 1.82) is 0 Å². The smallest absolute Gasteiger partial charge is 0.258 e. The van der Waals surface area contributed by atoms with Crippen LogP contribution >= 0.6 is 0 Å². The molecule has 0 bridgehead atoms. The minimum atomic E-state index is -2.16. The van der Waals surface area contributed by atoms with Crippen LogP contribution in [0.5, 0.6) is 0 Å². The van der Waals surface area contributed by atoms with Crippen molar-refractivity contribution >= 4 is 14.2 Å². The highest BCUT2D eigenvalue weighted by Gasteiger charge is 2.59. The highest BCUT2D eigenvalue weighted by atomic mass is 28.4. The SMILES string of the molecule is CCN(CC)C(=O)C1=C(O[Si](C(C)C)(C(C)C)C(C)C)CC2NC[C@@H]3[C@@H](CC[C@]4(C)CCC[C@@H]34)[C@@]2(C)C1. The second kappa shape index (κ2) is 10.6. The highest BCUT2D eigenvalue weighted by Crippen LogP contribution is 2.63. The Labute approximate surface area is 229 Å². The Morgan fingerprint density at radius 1 is 1.00 bits per heavy atom. The molecule has 3 aliphatic carbocycles. The van der Waals surface area contributed by atoms with Crippen LogP contribution in [0.1, 0.15) is 114 Å². The van der Waals surface area contributed by atoms with Gasteiger partial charge in [-0.25, -0.2) is 0 Å². The number of carbonyl (C=O) groups is 1. The Morgan fingerprint density at radius 2 is 1.62 bits per heavy atom. The molecule has 4 rings (SSSR count). The molecule has 1 unspecified atom stereocenters. The molecule has 1 heterocycles. The molecular formula is C32H58N2O2Si. The Kier molecular flexibility index (Phi) is 8.39. The molecule has 0 aromatic heterocycles. The van der Waals surface area contributed by atoms with Gasteiger partial charge in [-0.1, -0.05) is 61.8 Å². The zero-order valence-electron chi connectivity index (χ0n) is 25.9. The molecular weight excluding hydrogens is 472 g/mol. The molecule has 1 amide bonds. The monoisotopic (exact) mass is 530 g/mol. The zero-order chi connectivity index (χ0) is 27.3. The van der Waals surface area contributed by atoms with Gasteiger partial charge in [0.15, 0.2) is 0 Å². The largest absolute Gasteiger partial charge is 0.545 e. The molecule has 4 nitrogen and oxygen atoms in total. The normalized spacial score (nSPS) is 36.0. The van der Waals surface area contributed by atoms with Gasteiger partial charge in [0, 0.05) is 25.6 Å². The Morgan fingerprint density at radius 3 is 2.19 bits per heavy atom. The summed E-state index contributed by atoms with van der Waals surface area (Å²) < 4.78 is 7.38. The van der Waals surface area contributed by atoms with E-state index in [2.05, 4.69) is 74.6 Å². The number of likely N-dealkylation sites (N-methyl/N-ethyl adjacent to an activating group) is 1. The van der Waals surface area contributed by atoms with Crippen LogP contribution in [-0.4, -0.2) is 44.8 Å². The van der Waals surface area contributed by atoms with Gasteiger partial charge in [0.25, 0.3) is 14.2 Å². The maximum absolute atomic E-state index is 14.2. The summed E-state index contributed by atoms with van der Waals surface area (Å²) in [6, 6.07) is 0.404. The van der Waals surface area contributed by atoms with Crippen molar-refractivity contribution < 1.29 is 9.22 Å². The third kappa shape index (κ3) is 4.66. The van der Waals surface area contributed by atoms with Crippen LogP contribution in [-0.2, 0) is 9.22 Å². The lowest BCUT2D eigenvalue weighted by molar-refractivity contribution is -0.129. The van der Waals surface area contributed by atoms with Gasteiger partial charge < -0.3 is 14.6 Å². The van der Waals surface area contributed by atoms with E-state index in [0.717, 1.165) is 55.6 Å². The van der Waals surface area contributed by atoms with Gasteiger partial charge in [-0.2, -0.15) is 0 Å². The van der Waals surface area contributed by atoms with Crippen molar-refractivity contribution in [3.63, 3.8) is 0 Å². The summed E-state index contributed by atoms with van der Waals surface area (Å²) in [5.41, 5.74) is 3.18. The van der Waals surface area contributed by atoms with Crippen LogP contribution in [0.2, 0.25) is 16.6 Å². The predicted octanol–water partition coefficient (Wildman–Crippen LogP) is 7.91. The van der Waals surface area contributed by atoms with Crippen molar-refractivity contribution in [2.24, 2.45) is 28.6 Å². The molecule has 1 saturated heterocycles. The predicted molar refractivity (Wildman–Crippen MR) is 158 cm³/mol. The first kappa shape index (κ1) is 29.2. The molecule has 212 valence electrons. The summed E-state index contributed by atoms with van der Waals surface area (Å²) in [6.07, 6.45) is 8.68. The van der Waals surface area contributed by atoms with Crippen LogP contribution in [0.4, 0.5) is 0 Å². The van der Waals surface area contributed by atoms with E-state index in [1.54, 1.807) is 0 Å². The number of amides is 1. The van der Waals surface area contributed by atoms with Gasteiger partial charge in [0.1, 0.15) is 0 Å². The topological polar surface area (TPSA) is 41.6 Å². The number of hydrogen-bond acceptors (Lipinski definition) is 3. The Hall–Kier alpha value is -0.813. The molecule has 3 fully saturated rings. The molecule has 1 N–H and O–H groups in total. The van der Waals surface area contributed by atoms with Crippen molar-refractivity contribution in [1.82, 2.24) is 10.2 Å². The molecule has 5 heteroatoms. The standard InChI is InChI=1S/C32H58N2O2Si/c1-11-34(12-2)30(35)24-19-32(10)27-15-17-31(9)16-13-14-26(31)25(27)20-33-29(32)18-28(24)36-37(21(3)4,22(5)6)23(7)8/h21-23,25-27,29,33H,11-20H2,1-10H3/t25-,26-,27+,29?,31-,32+/m0/s1. The van der Waals surface area contributed by atoms with Crippen molar-refractivity contribution in [2.45, 2.75) is 137 Å². The Balaban J connectivity index is 1.76. The molecule has 4 aliphatic rings. The lowest BCUT2D eigenvalue weighted by Crippen LogP contribution is -2.63. The number of piperidine rings is 1. The molecule has 2 saturated carbocycles. The molecule has 0 spiro atoms. The van der Waals surface area contributed by atoms with Crippen molar-refractivity contribution in [3.05, 3.63) is 11.3 Å². The van der Waals surface area contributed by atoms with E-state index in [0.29, 0.717) is 34.0 Å². The van der Waals surface area contributed by atoms with Crippen LogP contribution in [0.3, 0.4) is 0 Å². The molecule has 1 aliphatic heterocycles. The van der Waals surface area contributed by atoms with Crippen LogP contribution in [0, 0.1) is 28.6 Å². The van der Waals surface area contributed by atoms with E-state index in [4.69, 9.17) is 4.43 Å². The molecule has 6 atom stereocenters. The van der Waals surface area contributed by atoms with Crippen molar-refractivity contribution in [3.8, 4) is 0 Å². The van der Waals surface area contributed by atoms with E-state index in [-0.39, 0.29) is 11.3 Å². The average molecular weight is 531 g/mol. The van der Waals surface area contributed by atoms with Gasteiger partial charge in [-0.15, -0.1) is 0 Å². The summed E-state index contributed by atoms with van der Waals surface area (Å²) in [5, 5.41) is 4.09. The summed E-state index contributed by atoms with van der Waals surface area (Å²) >= 11 is 0. The summed E-state index contributed by atoms with van der Waals surface area (Å²) in [6.45, 7) is 26.2. The number of carbonyl (C=O) groups excluding carboxylic acids is 1. The second-order valence-electron chi connectivity index (χ2n) is 14.6. The zero-order valence-corrected chi connectivity index (χ0v) is 26.9. The molecule has 37 heavy (non-hydrogen) atoms. The summed E-state index contributed by atoms with van der Waals surface area (Å²) in [7, 11) is -2.16. The van der Waals surface area contributed by atoms with Crippen LogP contribution < -0.4 is 5.32 Å². The minimum absolute atomic E-state index is 0.121. The maximum atomic E-state index is 14.2. The average Bonchev–Trinajstić information content (AvgIpc) is 3.23. The van der Waals surface area contributed by atoms with E-state index in [1.165, 1.54) is 32.1 Å². The maximum Gasteiger partial charge on any atom is 0.258 e. The third-order valence-corrected chi connectivity index (χ3v) is 18.1. The number of nitrogens with zero attached hydrogens (tertiary/aromatic N) is 1. The lowest BCUT2D eigenvalue weighted by Gasteiger charge is -2.60. The fraction of sp³-hybridized carbons (Fsp3) is 0.906. The van der Waals surface area contributed by atoms with E-state index >= 15 is 0 Å². The first-order chi connectivity index (χ1) is 17.4. The van der Waals surface area contributed by atoms with Gasteiger partial charge in [-0.05, 0) is 97.7 Å². The van der Waals surface area contributed by atoms with Gasteiger partial charge >= 0.3 is 0 Å². The quantitative estimate of drug-likeness (QED) is 0.324. The first-order valence-corrected chi connectivity index (χ1v) is 17.9. The number of hydrogen-bond donors (Lipinski definition) is 1. The summed E-state index contributed by atoms with van der Waals surface area (Å²) in [5.74, 6) is 3.60. The molecule has 0 aromatic rings. The van der Waals surface area contributed by atoms with E-state index in [9.17, 15) is 4.79 Å². The fourth-order valence-electron chi connectivity index (χ4n) is 10.1. The van der Waals surface area contributed by atoms with Crippen molar-refractivity contribution in [2.75, 3.05) is 19.6 Å². The highest BCUT2D eigenvalue weighted by molar-refractivity contribution is 6.77. The Bertz CT molecular complexity index is 856. The minimum Gasteiger partial charge on any atom is -0.545 e. The summed E-state index contributed by atoms with van der Waals surface area (Å²) in [4.78, 5) is 16.2. The second-order valence-corrected chi connectivity index (χ2v) is 20.0. The number of fused-ring (bicyclic) bond motifs is 5. The van der Waals surface area contributed by atoms with Crippen LogP contribution in [0.15, 0.2) is 11.3 Å². The number of nitrogens with one attached hydrogen (secondary N) is 1. The third-order valence-electron chi connectivity index (χ3n) is 12.1. The number of rotatable bonds is 8. The van der Waals surface area contributed by atoms with Gasteiger partial charge in [0.05, 0.1) is 11.3 Å². The van der Waals surface area contributed by atoms with E-state index in [1.807, 2.05) is 4.90 Å². The van der Waals surface area contributed by atoms with Gasteiger partial charge in [-0.3, -0.25) is 4.79 Å². The lowest BCUT2D eigenvalue weighted by atomic mass is 9.49.